The van der Waals surface area contributed by atoms with Crippen molar-refractivity contribution < 1.29 is 28.7 Å². The Morgan fingerprint density at radius 2 is 1.43 bits per heavy atom. The maximum atomic E-state index is 13.7. The number of imide groups is 1. The molecule has 4 amide bonds. The van der Waals surface area contributed by atoms with Gasteiger partial charge in [0.25, 0.3) is 0 Å². The number of aryl methyl sites for hydroxylation is 1. The molecule has 6 aliphatic rings. The highest BCUT2D eigenvalue weighted by atomic mass is 16.5. The van der Waals surface area contributed by atoms with E-state index < -0.39 is 5.97 Å². The summed E-state index contributed by atoms with van der Waals surface area (Å²) in [5, 5.41) is 13.4. The number of piperidine rings is 2. The minimum Gasteiger partial charge on any atom is -0.462 e. The Bertz CT molecular complexity index is 1900. The molecule has 18 heteroatoms. The van der Waals surface area contributed by atoms with Gasteiger partial charge < -0.3 is 30.1 Å². The summed E-state index contributed by atoms with van der Waals surface area (Å²) >= 11 is 0. The molecule has 0 spiro atoms. The lowest BCUT2D eigenvalue weighted by Gasteiger charge is -2.43. The van der Waals surface area contributed by atoms with E-state index in [-0.39, 0.29) is 48.2 Å². The van der Waals surface area contributed by atoms with Crippen molar-refractivity contribution in [3.8, 4) is 0 Å². The number of ether oxygens (including phenoxy) is 1. The van der Waals surface area contributed by atoms with Crippen molar-refractivity contribution in [1.29, 1.82) is 0 Å². The number of anilines is 3. The Morgan fingerprint density at radius 3 is 2.05 bits per heavy atom. The first-order valence-electron chi connectivity index (χ1n) is 23.8. The topological polar surface area (TPSA) is 190 Å². The zero-order valence-electron chi connectivity index (χ0n) is 37.3. The van der Waals surface area contributed by atoms with Crippen molar-refractivity contribution in [2.24, 2.45) is 24.8 Å². The van der Waals surface area contributed by atoms with Crippen LogP contribution < -0.4 is 16.0 Å². The van der Waals surface area contributed by atoms with Gasteiger partial charge in [-0.2, -0.15) is 10.1 Å². The normalized spacial score (nSPS) is 27.2. The molecule has 8 rings (SSSR count). The molecule has 63 heavy (non-hydrogen) atoms. The van der Waals surface area contributed by atoms with Crippen LogP contribution in [0.5, 0.6) is 0 Å². The Hall–Kier alpha value is -4.68. The van der Waals surface area contributed by atoms with E-state index in [0.717, 1.165) is 148 Å². The third-order valence-electron chi connectivity index (χ3n) is 14.7. The number of likely N-dealkylation sites (tertiary alicyclic amines) is 1. The lowest BCUT2D eigenvalue weighted by molar-refractivity contribution is -0.143. The van der Waals surface area contributed by atoms with Crippen LogP contribution in [0, 0.1) is 17.8 Å². The van der Waals surface area contributed by atoms with Crippen molar-refractivity contribution in [2.75, 3.05) is 89.2 Å². The monoisotopic (exact) mass is 873 g/mol. The molecule has 2 aromatic rings. The van der Waals surface area contributed by atoms with E-state index in [4.69, 9.17) is 4.74 Å². The zero-order chi connectivity index (χ0) is 43.9. The van der Waals surface area contributed by atoms with Crippen LogP contribution in [-0.4, -0.2) is 171 Å². The quantitative estimate of drug-likeness (QED) is 0.197. The van der Waals surface area contributed by atoms with Gasteiger partial charge in [-0.3, -0.25) is 39.0 Å². The van der Waals surface area contributed by atoms with Gasteiger partial charge >= 0.3 is 5.97 Å². The number of hydrogen-bond donors (Lipinski definition) is 3. The number of nitrogens with one attached hydrogen (secondary N) is 3. The second-order valence-electron chi connectivity index (χ2n) is 18.7. The van der Waals surface area contributed by atoms with E-state index in [1.807, 2.05) is 13.2 Å². The fourth-order valence-electron chi connectivity index (χ4n) is 10.9. The molecule has 1 atom stereocenters. The first kappa shape index (κ1) is 44.9. The predicted molar refractivity (Wildman–Crippen MR) is 236 cm³/mol. The summed E-state index contributed by atoms with van der Waals surface area (Å²) in [5.74, 6) is 1.32. The number of esters is 1. The minimum absolute atomic E-state index is 0.0140. The first-order valence-corrected chi connectivity index (χ1v) is 23.8. The second-order valence-corrected chi connectivity index (χ2v) is 18.7. The average Bonchev–Trinajstić information content (AvgIpc) is 3.72. The number of carbonyl (C=O) groups is 5. The molecule has 2 aromatic heterocycles. The van der Waals surface area contributed by atoms with Crippen molar-refractivity contribution in [2.45, 2.75) is 109 Å². The van der Waals surface area contributed by atoms with E-state index >= 15 is 0 Å². The van der Waals surface area contributed by atoms with E-state index in [9.17, 15) is 24.0 Å². The van der Waals surface area contributed by atoms with Crippen LogP contribution >= 0.6 is 0 Å². The highest BCUT2D eigenvalue weighted by molar-refractivity contribution is 6.00. The summed E-state index contributed by atoms with van der Waals surface area (Å²) in [6, 6.07) is 0.440. The van der Waals surface area contributed by atoms with Crippen LogP contribution in [0.25, 0.3) is 0 Å². The van der Waals surface area contributed by atoms with Gasteiger partial charge in [-0.1, -0.05) is 0 Å². The van der Waals surface area contributed by atoms with Gasteiger partial charge in [0, 0.05) is 115 Å². The summed E-state index contributed by atoms with van der Waals surface area (Å²) in [6.45, 7) is 11.6. The highest BCUT2D eigenvalue weighted by Gasteiger charge is 2.38. The molecule has 1 unspecified atom stereocenters. The van der Waals surface area contributed by atoms with Gasteiger partial charge in [0.15, 0.2) is 0 Å². The van der Waals surface area contributed by atoms with Crippen LogP contribution in [0.15, 0.2) is 18.6 Å². The fourth-order valence-corrected chi connectivity index (χ4v) is 10.9. The van der Waals surface area contributed by atoms with E-state index in [0.29, 0.717) is 48.0 Å². The minimum atomic E-state index is -0.451. The number of nitrogens with zero attached hydrogens (tertiary/aromatic N) is 9. The van der Waals surface area contributed by atoms with Crippen molar-refractivity contribution >= 4 is 47.1 Å². The third-order valence-corrected chi connectivity index (χ3v) is 14.7. The van der Waals surface area contributed by atoms with Gasteiger partial charge in [-0.15, -0.1) is 0 Å². The first-order chi connectivity index (χ1) is 30.6. The molecule has 0 bridgehead atoms. The number of piperazine rings is 2. The molecular weight excluding hydrogens is 805 g/mol. The number of carbonyl (C=O) groups excluding carboxylic acids is 5. The van der Waals surface area contributed by atoms with Gasteiger partial charge in [0.2, 0.25) is 29.6 Å². The van der Waals surface area contributed by atoms with Gasteiger partial charge in [0.1, 0.15) is 11.4 Å². The van der Waals surface area contributed by atoms with Crippen molar-refractivity contribution in [3.63, 3.8) is 0 Å². The van der Waals surface area contributed by atoms with Crippen LogP contribution in [0.2, 0.25) is 0 Å². The molecule has 6 fully saturated rings. The Kier molecular flexibility index (Phi) is 14.9. The van der Waals surface area contributed by atoms with E-state index in [2.05, 4.69) is 55.5 Å². The Balaban J connectivity index is 0.707. The highest BCUT2D eigenvalue weighted by Crippen LogP contribution is 2.34. The molecule has 4 saturated heterocycles. The van der Waals surface area contributed by atoms with Crippen LogP contribution in [0.3, 0.4) is 0 Å². The molecule has 2 aliphatic carbocycles. The number of hydrogen-bond acceptors (Lipinski definition) is 14. The number of aromatic nitrogens is 4. The van der Waals surface area contributed by atoms with E-state index in [1.54, 1.807) is 17.8 Å². The second kappa shape index (κ2) is 20.9. The molecule has 6 heterocycles. The number of amides is 4. The molecule has 0 aromatic carbocycles. The maximum absolute atomic E-state index is 13.7. The number of rotatable bonds is 13. The van der Waals surface area contributed by atoms with Gasteiger partial charge in [-0.05, 0) is 96.4 Å². The fraction of sp³-hybridized carbons (Fsp3) is 0.733. The standard InChI is InChI=1S/C45H68N12O6/c1-3-63-44(62)37-29-46-45(49-35-28-47-52(2)30-35)51-40(37)48-34-8-10-36(11-9-34)54-24-26-57(27-25-54)43(61)33-6-4-32(5-7-33)42(60)56-18-15-31(16-19-56)14-17-53-20-22-55(23-21-53)38-12-13-39(58)50-41(38)59/h28-34,36,38H,3-27H2,1-2H3,(H,50,58,59)(H2,46,48,49,51). The van der Waals surface area contributed by atoms with Crippen LogP contribution in [0.4, 0.5) is 17.5 Å². The maximum Gasteiger partial charge on any atom is 0.343 e. The zero-order valence-corrected chi connectivity index (χ0v) is 37.3. The molecular formula is C45H68N12O6. The van der Waals surface area contributed by atoms with E-state index in [1.165, 1.54) is 6.20 Å². The van der Waals surface area contributed by atoms with Gasteiger partial charge in [-0.25, -0.2) is 9.78 Å². The van der Waals surface area contributed by atoms with Crippen molar-refractivity contribution in [3.05, 3.63) is 24.2 Å². The summed E-state index contributed by atoms with van der Waals surface area (Å²) in [5.41, 5.74) is 1.07. The largest absolute Gasteiger partial charge is 0.462 e. The molecule has 3 N–H and O–H groups in total. The lowest BCUT2D eigenvalue weighted by atomic mass is 9.80. The predicted octanol–water partition coefficient (Wildman–Crippen LogP) is 2.86. The lowest BCUT2D eigenvalue weighted by Crippen LogP contribution is -2.57. The molecule has 0 radical (unpaired) electrons. The summed E-state index contributed by atoms with van der Waals surface area (Å²) in [6.07, 6.45) is 16.4. The summed E-state index contributed by atoms with van der Waals surface area (Å²) < 4.78 is 6.99. The van der Waals surface area contributed by atoms with Crippen LogP contribution in [-0.2, 0) is 31.0 Å². The SMILES string of the molecule is CCOC(=O)c1cnc(Nc2cnn(C)c2)nc1NC1CCC(N2CCN(C(=O)C3CCC(C(=O)N4CCC(CCN5CCN(C6CCC(=O)NC6=O)CC5)CC4)CC3)CC2)CC1. The summed E-state index contributed by atoms with van der Waals surface area (Å²) in [4.78, 5) is 84.4. The average molecular weight is 873 g/mol. The van der Waals surface area contributed by atoms with Crippen molar-refractivity contribution in [1.82, 2.24) is 49.6 Å². The summed E-state index contributed by atoms with van der Waals surface area (Å²) in [7, 11) is 1.84. The van der Waals surface area contributed by atoms with Crippen LogP contribution in [0.1, 0.15) is 101 Å². The Labute approximate surface area is 371 Å². The molecule has 18 nitrogen and oxygen atoms in total. The molecule has 4 aliphatic heterocycles. The molecule has 344 valence electrons. The Morgan fingerprint density at radius 1 is 0.778 bits per heavy atom. The molecule has 2 saturated carbocycles. The van der Waals surface area contributed by atoms with Gasteiger partial charge in [0.05, 0.1) is 24.5 Å². The third kappa shape index (κ3) is 11.3. The smallest absolute Gasteiger partial charge is 0.343 e.